The average Bonchev–Trinajstić information content (AvgIpc) is 2.58. The van der Waals surface area contributed by atoms with Crippen molar-refractivity contribution in [3.8, 4) is 0 Å². The smallest absolute Gasteiger partial charge is 0.393 e. The highest BCUT2D eigenvalue weighted by molar-refractivity contribution is 4.78. The van der Waals surface area contributed by atoms with E-state index in [1.54, 1.807) is 11.9 Å². The second-order valence-electron chi connectivity index (χ2n) is 2.79. The van der Waals surface area contributed by atoms with Gasteiger partial charge in [0.25, 0.3) is 0 Å². The van der Waals surface area contributed by atoms with Crippen LogP contribution in [-0.4, -0.2) is 43.4 Å². The van der Waals surface area contributed by atoms with E-state index >= 15 is 0 Å². The maximum atomic E-state index is 11.9. The van der Waals surface area contributed by atoms with Crippen molar-refractivity contribution in [1.82, 2.24) is 4.90 Å². The van der Waals surface area contributed by atoms with E-state index in [2.05, 4.69) is 0 Å². The van der Waals surface area contributed by atoms with E-state index in [-0.39, 0.29) is 13.0 Å². The lowest BCUT2D eigenvalue weighted by Crippen LogP contribution is -2.25. The highest BCUT2D eigenvalue weighted by atomic mass is 19.4. The van der Waals surface area contributed by atoms with Crippen molar-refractivity contribution < 1.29 is 18.3 Å². The van der Waals surface area contributed by atoms with Gasteiger partial charge in [-0.15, -0.1) is 0 Å². The van der Waals surface area contributed by atoms with Gasteiger partial charge in [0.1, 0.15) is 0 Å². The molecule has 2 nitrogen and oxygen atoms in total. The van der Waals surface area contributed by atoms with Crippen LogP contribution >= 0.6 is 0 Å². The molecule has 0 aliphatic carbocycles. The Morgan fingerprint density at radius 3 is 1.79 bits per heavy atom. The van der Waals surface area contributed by atoms with Crippen LogP contribution in [0.3, 0.4) is 0 Å². The largest absolute Gasteiger partial charge is 0.400 e. The van der Waals surface area contributed by atoms with Crippen molar-refractivity contribution in [2.24, 2.45) is 5.92 Å². The average molecular weight is 215 g/mol. The summed E-state index contributed by atoms with van der Waals surface area (Å²) < 4.78 is 35.7. The molecule has 1 atom stereocenters. The molecule has 0 radical (unpaired) electrons. The van der Waals surface area contributed by atoms with Crippen LogP contribution in [0.15, 0.2) is 0 Å². The summed E-state index contributed by atoms with van der Waals surface area (Å²) in [6.07, 6.45) is -3.72. The molecule has 0 aromatic rings. The molecule has 0 amide bonds. The first-order chi connectivity index (χ1) is 6.50. The maximum Gasteiger partial charge on any atom is 0.393 e. The summed E-state index contributed by atoms with van der Waals surface area (Å²) in [4.78, 5) is 1.71. The molecule has 1 aliphatic rings. The topological polar surface area (TPSA) is 23.5 Å². The predicted molar refractivity (Wildman–Crippen MR) is 51.1 cm³/mol. The molecule has 88 valence electrons. The van der Waals surface area contributed by atoms with Crippen molar-refractivity contribution in [2.45, 2.75) is 26.4 Å². The third kappa shape index (κ3) is 6.21. The first kappa shape index (κ1) is 16.2. The van der Waals surface area contributed by atoms with Gasteiger partial charge in [-0.3, -0.25) is 0 Å². The minimum absolute atomic E-state index is 0.170. The fourth-order valence-electron chi connectivity index (χ4n) is 1.20. The molecule has 1 rings (SSSR count). The molecule has 1 saturated heterocycles. The molecule has 0 bridgehead atoms. The minimum atomic E-state index is -3.98. The summed E-state index contributed by atoms with van der Waals surface area (Å²) in [5.74, 6) is -1.09. The molecule has 0 aromatic heterocycles. The molecule has 0 aromatic carbocycles. The molecule has 1 heterocycles. The number of alkyl halides is 3. The monoisotopic (exact) mass is 215 g/mol. The molecular formula is C9H20F3NO. The number of hydrogen-bond acceptors (Lipinski definition) is 2. The van der Waals surface area contributed by atoms with E-state index < -0.39 is 12.1 Å². The van der Waals surface area contributed by atoms with Gasteiger partial charge in [-0.1, -0.05) is 13.8 Å². The molecule has 14 heavy (non-hydrogen) atoms. The number of halogens is 3. The van der Waals surface area contributed by atoms with E-state index in [0.29, 0.717) is 6.54 Å². The Bertz CT molecular complexity index is 128. The lowest BCUT2D eigenvalue weighted by Gasteiger charge is -2.13. The van der Waals surface area contributed by atoms with Crippen LogP contribution in [0.25, 0.3) is 0 Å². The standard InChI is InChI=1S/C6H10F3N.C2H6.CH4O/c1-10-3-2-5(4-10)6(7,8)9;2*1-2/h5H,2-4H2,1H3;1-2H3;2H,1H3. The lowest BCUT2D eigenvalue weighted by atomic mass is 10.1. The van der Waals surface area contributed by atoms with Crippen molar-refractivity contribution in [3.05, 3.63) is 0 Å². The Hall–Kier alpha value is -0.290. The number of hydrogen-bond donors (Lipinski definition) is 1. The predicted octanol–water partition coefficient (Wildman–Crippen LogP) is 2.14. The fraction of sp³-hybridized carbons (Fsp3) is 1.00. The van der Waals surface area contributed by atoms with Crippen LogP contribution in [0.5, 0.6) is 0 Å². The normalized spacial score (nSPS) is 21.9. The van der Waals surface area contributed by atoms with Gasteiger partial charge in [-0.25, -0.2) is 0 Å². The zero-order valence-corrected chi connectivity index (χ0v) is 9.23. The van der Waals surface area contributed by atoms with E-state index in [1.165, 1.54) is 0 Å². The Morgan fingerprint density at radius 1 is 1.21 bits per heavy atom. The molecular weight excluding hydrogens is 195 g/mol. The van der Waals surface area contributed by atoms with E-state index in [9.17, 15) is 13.2 Å². The Morgan fingerprint density at radius 2 is 1.64 bits per heavy atom. The van der Waals surface area contributed by atoms with Crippen LogP contribution in [0.1, 0.15) is 20.3 Å². The van der Waals surface area contributed by atoms with Crippen molar-refractivity contribution in [2.75, 3.05) is 27.2 Å². The first-order valence-electron chi connectivity index (χ1n) is 4.70. The molecule has 1 fully saturated rings. The van der Waals surface area contributed by atoms with Crippen LogP contribution < -0.4 is 0 Å². The zero-order valence-electron chi connectivity index (χ0n) is 9.23. The lowest BCUT2D eigenvalue weighted by molar-refractivity contribution is -0.170. The van der Waals surface area contributed by atoms with Gasteiger partial charge in [0.2, 0.25) is 0 Å². The second kappa shape index (κ2) is 8.05. The molecule has 0 spiro atoms. The maximum absolute atomic E-state index is 11.9. The van der Waals surface area contributed by atoms with Crippen LogP contribution in [0, 0.1) is 5.92 Å². The third-order valence-corrected chi connectivity index (χ3v) is 1.85. The third-order valence-electron chi connectivity index (χ3n) is 1.85. The Balaban J connectivity index is 0. The van der Waals surface area contributed by atoms with Gasteiger partial charge >= 0.3 is 6.18 Å². The van der Waals surface area contributed by atoms with Gasteiger partial charge in [0.05, 0.1) is 5.92 Å². The number of aliphatic hydroxyl groups is 1. The summed E-state index contributed by atoms with van der Waals surface area (Å²) in [7, 11) is 2.71. The number of likely N-dealkylation sites (tertiary alicyclic amines) is 1. The van der Waals surface area contributed by atoms with E-state index in [1.807, 2.05) is 13.8 Å². The zero-order chi connectivity index (χ0) is 11.8. The summed E-state index contributed by atoms with van der Waals surface area (Å²) in [5.41, 5.74) is 0. The number of aliphatic hydroxyl groups excluding tert-OH is 1. The molecule has 5 heteroatoms. The summed E-state index contributed by atoms with van der Waals surface area (Å²) in [5, 5.41) is 7.00. The summed E-state index contributed by atoms with van der Waals surface area (Å²) in [6, 6.07) is 0. The molecule has 0 saturated carbocycles. The molecule has 1 aliphatic heterocycles. The minimum Gasteiger partial charge on any atom is -0.400 e. The van der Waals surface area contributed by atoms with E-state index in [4.69, 9.17) is 5.11 Å². The van der Waals surface area contributed by atoms with Crippen LogP contribution in [0.4, 0.5) is 13.2 Å². The highest BCUT2D eigenvalue weighted by Crippen LogP contribution is 2.32. The first-order valence-corrected chi connectivity index (χ1v) is 4.70. The van der Waals surface area contributed by atoms with Gasteiger partial charge < -0.3 is 10.0 Å². The van der Waals surface area contributed by atoms with Gasteiger partial charge in [0, 0.05) is 13.7 Å². The van der Waals surface area contributed by atoms with Gasteiger partial charge in [-0.2, -0.15) is 13.2 Å². The summed E-state index contributed by atoms with van der Waals surface area (Å²) in [6.45, 7) is 4.74. The Labute approximate surface area is 83.7 Å². The van der Waals surface area contributed by atoms with Crippen LogP contribution in [0.2, 0.25) is 0 Å². The number of nitrogens with zero attached hydrogens (tertiary/aromatic N) is 1. The van der Waals surface area contributed by atoms with Crippen molar-refractivity contribution in [3.63, 3.8) is 0 Å². The fourth-order valence-corrected chi connectivity index (χ4v) is 1.20. The SMILES string of the molecule is CC.CN1CCC(C(F)(F)F)C1.CO. The van der Waals surface area contributed by atoms with Crippen molar-refractivity contribution in [1.29, 1.82) is 0 Å². The Kier molecular flexibility index (Phi) is 9.29. The highest BCUT2D eigenvalue weighted by Gasteiger charge is 2.42. The molecule has 1 unspecified atom stereocenters. The van der Waals surface area contributed by atoms with Crippen molar-refractivity contribution >= 4 is 0 Å². The second-order valence-corrected chi connectivity index (χ2v) is 2.79. The summed E-state index contributed by atoms with van der Waals surface area (Å²) >= 11 is 0. The van der Waals surface area contributed by atoms with Crippen LogP contribution in [-0.2, 0) is 0 Å². The quantitative estimate of drug-likeness (QED) is 0.669. The molecule has 1 N–H and O–H groups in total. The van der Waals surface area contributed by atoms with Gasteiger partial charge in [-0.05, 0) is 20.0 Å². The van der Waals surface area contributed by atoms with Gasteiger partial charge in [0.15, 0.2) is 0 Å². The van der Waals surface area contributed by atoms with E-state index in [0.717, 1.165) is 7.11 Å². The number of rotatable bonds is 0.